The zero-order valence-electron chi connectivity index (χ0n) is 13.0. The molecular weight excluding hydrogens is 252 g/mol. The van der Waals surface area contributed by atoms with Gasteiger partial charge in [0.25, 0.3) is 5.91 Å². The summed E-state index contributed by atoms with van der Waals surface area (Å²) in [4.78, 5) is 12.0. The number of nitrogens with zero attached hydrogens (tertiary/aromatic N) is 1. The smallest absolute Gasteiger partial charge is 0.273 e. The molecule has 1 aromatic rings. The Morgan fingerprint density at radius 2 is 2.05 bits per heavy atom. The number of rotatable bonds is 4. The number of hydrogen-bond acceptors (Lipinski definition) is 3. The fraction of sp³-hybridized carbons (Fsp3) is 0.750. The van der Waals surface area contributed by atoms with Gasteiger partial charge in [0.2, 0.25) is 0 Å². The molecule has 0 aromatic carbocycles. The molecule has 1 saturated carbocycles. The molecule has 1 fully saturated rings. The second kappa shape index (κ2) is 5.98. The first-order valence-electron chi connectivity index (χ1n) is 7.66. The highest BCUT2D eigenvalue weighted by Gasteiger charge is 2.32. The largest absolute Gasteiger partial charge is 0.361 e. The van der Waals surface area contributed by atoms with Crippen molar-refractivity contribution in [2.24, 2.45) is 11.3 Å². The molecule has 1 aliphatic carbocycles. The summed E-state index contributed by atoms with van der Waals surface area (Å²) in [5.41, 5.74) is 0.802. The summed E-state index contributed by atoms with van der Waals surface area (Å²) in [6.07, 6.45) is 5.74. The Hall–Kier alpha value is -1.32. The summed E-state index contributed by atoms with van der Waals surface area (Å²) >= 11 is 0. The summed E-state index contributed by atoms with van der Waals surface area (Å²) in [6.45, 7) is 8.77. The fourth-order valence-corrected chi connectivity index (χ4v) is 3.04. The number of amides is 1. The van der Waals surface area contributed by atoms with Gasteiger partial charge in [-0.2, -0.15) is 0 Å². The van der Waals surface area contributed by atoms with E-state index in [0.717, 1.165) is 18.8 Å². The highest BCUT2D eigenvalue weighted by molar-refractivity contribution is 5.92. The van der Waals surface area contributed by atoms with E-state index in [1.54, 1.807) is 13.0 Å². The van der Waals surface area contributed by atoms with E-state index in [0.29, 0.717) is 16.9 Å². The van der Waals surface area contributed by atoms with E-state index >= 15 is 0 Å². The van der Waals surface area contributed by atoms with Crippen LogP contribution in [0, 0.1) is 18.3 Å². The van der Waals surface area contributed by atoms with Gasteiger partial charge >= 0.3 is 0 Å². The van der Waals surface area contributed by atoms with E-state index in [4.69, 9.17) is 4.52 Å². The monoisotopic (exact) mass is 278 g/mol. The second-order valence-corrected chi connectivity index (χ2v) is 6.69. The number of aromatic nitrogens is 1. The predicted octanol–water partition coefficient (Wildman–Crippen LogP) is 3.71. The van der Waals surface area contributed by atoms with Crippen LogP contribution in [0.15, 0.2) is 10.6 Å². The molecule has 1 aliphatic rings. The SMILES string of the molecule is CCC(C)(C)C1CCC(NC(=O)c2cc(C)on2)CC1. The third-order valence-corrected chi connectivity index (χ3v) is 4.94. The van der Waals surface area contributed by atoms with Crippen molar-refractivity contribution in [3.63, 3.8) is 0 Å². The maximum atomic E-state index is 12.0. The van der Waals surface area contributed by atoms with Crippen LogP contribution in [0.3, 0.4) is 0 Å². The van der Waals surface area contributed by atoms with Gasteiger partial charge in [0, 0.05) is 12.1 Å². The van der Waals surface area contributed by atoms with Crippen molar-refractivity contribution in [1.29, 1.82) is 0 Å². The van der Waals surface area contributed by atoms with E-state index in [9.17, 15) is 4.79 Å². The van der Waals surface area contributed by atoms with Crippen molar-refractivity contribution in [2.45, 2.75) is 65.8 Å². The molecule has 0 unspecified atom stereocenters. The molecule has 0 atom stereocenters. The minimum Gasteiger partial charge on any atom is -0.361 e. The molecule has 0 bridgehead atoms. The average molecular weight is 278 g/mol. The zero-order chi connectivity index (χ0) is 14.8. The highest BCUT2D eigenvalue weighted by atomic mass is 16.5. The Morgan fingerprint density at radius 1 is 1.40 bits per heavy atom. The van der Waals surface area contributed by atoms with Crippen molar-refractivity contribution < 1.29 is 9.32 Å². The van der Waals surface area contributed by atoms with E-state index in [1.807, 2.05) is 0 Å². The lowest BCUT2D eigenvalue weighted by Crippen LogP contribution is -2.40. The van der Waals surface area contributed by atoms with Gasteiger partial charge in [0.05, 0.1) is 0 Å². The first-order valence-corrected chi connectivity index (χ1v) is 7.66. The van der Waals surface area contributed by atoms with Gasteiger partial charge in [0.1, 0.15) is 5.76 Å². The average Bonchev–Trinajstić information content (AvgIpc) is 2.86. The maximum Gasteiger partial charge on any atom is 0.273 e. The fourth-order valence-electron chi connectivity index (χ4n) is 3.04. The van der Waals surface area contributed by atoms with Crippen LogP contribution in [0.1, 0.15) is 69.1 Å². The Morgan fingerprint density at radius 3 is 2.55 bits per heavy atom. The van der Waals surface area contributed by atoms with Crippen LogP contribution < -0.4 is 5.32 Å². The summed E-state index contributed by atoms with van der Waals surface area (Å²) in [6, 6.07) is 1.96. The van der Waals surface area contributed by atoms with Crippen molar-refractivity contribution >= 4 is 5.91 Å². The normalized spacial score (nSPS) is 23.6. The quantitative estimate of drug-likeness (QED) is 0.913. The van der Waals surface area contributed by atoms with Crippen molar-refractivity contribution in [3.8, 4) is 0 Å². The lowest BCUT2D eigenvalue weighted by atomic mass is 9.69. The van der Waals surface area contributed by atoms with Crippen LogP contribution in [0.25, 0.3) is 0 Å². The standard InChI is InChI=1S/C16H26N2O2/c1-5-16(3,4)12-6-8-13(9-7-12)17-15(19)14-10-11(2)20-18-14/h10,12-13H,5-9H2,1-4H3,(H,17,19). The minimum atomic E-state index is -0.111. The lowest BCUT2D eigenvalue weighted by Gasteiger charge is -2.39. The topological polar surface area (TPSA) is 55.1 Å². The number of nitrogens with one attached hydrogen (secondary N) is 1. The number of carbonyl (C=O) groups is 1. The molecule has 0 radical (unpaired) electrons. The van der Waals surface area contributed by atoms with Crippen LogP contribution in [-0.4, -0.2) is 17.1 Å². The molecule has 0 saturated heterocycles. The second-order valence-electron chi connectivity index (χ2n) is 6.69. The van der Waals surface area contributed by atoms with Gasteiger partial charge < -0.3 is 9.84 Å². The molecule has 4 heteroatoms. The van der Waals surface area contributed by atoms with Gasteiger partial charge in [0.15, 0.2) is 5.69 Å². The third-order valence-electron chi connectivity index (χ3n) is 4.94. The molecule has 4 nitrogen and oxygen atoms in total. The minimum absolute atomic E-state index is 0.111. The van der Waals surface area contributed by atoms with Crippen molar-refractivity contribution in [2.75, 3.05) is 0 Å². The Bertz CT molecular complexity index is 457. The zero-order valence-corrected chi connectivity index (χ0v) is 13.0. The highest BCUT2D eigenvalue weighted by Crippen LogP contribution is 2.40. The molecule has 0 spiro atoms. The van der Waals surface area contributed by atoms with Gasteiger partial charge in [-0.15, -0.1) is 0 Å². The first-order chi connectivity index (χ1) is 9.42. The molecule has 1 aromatic heterocycles. The van der Waals surface area contributed by atoms with Crippen LogP contribution in [0.5, 0.6) is 0 Å². The summed E-state index contributed by atoms with van der Waals surface area (Å²) < 4.78 is 4.94. The molecule has 112 valence electrons. The van der Waals surface area contributed by atoms with Crippen molar-refractivity contribution in [1.82, 2.24) is 10.5 Å². The van der Waals surface area contributed by atoms with E-state index in [-0.39, 0.29) is 11.9 Å². The van der Waals surface area contributed by atoms with Crippen LogP contribution in [0.4, 0.5) is 0 Å². The Labute approximate surface area is 121 Å². The molecule has 0 aliphatic heterocycles. The third kappa shape index (κ3) is 3.41. The van der Waals surface area contributed by atoms with E-state index < -0.39 is 0 Å². The number of carbonyl (C=O) groups excluding carboxylic acids is 1. The lowest BCUT2D eigenvalue weighted by molar-refractivity contribution is 0.0884. The molecule has 20 heavy (non-hydrogen) atoms. The van der Waals surface area contributed by atoms with E-state index in [1.165, 1.54) is 19.3 Å². The van der Waals surface area contributed by atoms with Gasteiger partial charge in [-0.1, -0.05) is 32.3 Å². The molecule has 1 amide bonds. The number of hydrogen-bond donors (Lipinski definition) is 1. The van der Waals surface area contributed by atoms with Crippen LogP contribution in [-0.2, 0) is 0 Å². The van der Waals surface area contributed by atoms with Crippen LogP contribution in [0.2, 0.25) is 0 Å². The Kier molecular flexibility index (Phi) is 4.51. The van der Waals surface area contributed by atoms with Gasteiger partial charge in [-0.25, -0.2) is 0 Å². The van der Waals surface area contributed by atoms with Crippen molar-refractivity contribution in [3.05, 3.63) is 17.5 Å². The predicted molar refractivity (Wildman–Crippen MR) is 78.5 cm³/mol. The number of aryl methyl sites for hydroxylation is 1. The Balaban J connectivity index is 1.84. The molecule has 1 heterocycles. The van der Waals surface area contributed by atoms with Gasteiger partial charge in [-0.3, -0.25) is 4.79 Å². The van der Waals surface area contributed by atoms with Crippen LogP contribution >= 0.6 is 0 Å². The first kappa shape index (κ1) is 15.1. The maximum absolute atomic E-state index is 12.0. The summed E-state index contributed by atoms with van der Waals surface area (Å²) in [7, 11) is 0. The van der Waals surface area contributed by atoms with Gasteiger partial charge in [-0.05, 0) is 43.9 Å². The summed E-state index contributed by atoms with van der Waals surface area (Å²) in [5, 5.41) is 6.84. The molecule has 1 N–H and O–H groups in total. The van der Waals surface area contributed by atoms with E-state index in [2.05, 4.69) is 31.2 Å². The molecular formula is C16H26N2O2. The summed E-state index contributed by atoms with van der Waals surface area (Å²) in [5.74, 6) is 1.33. The molecule has 2 rings (SSSR count).